The summed E-state index contributed by atoms with van der Waals surface area (Å²) in [4.78, 5) is 4.20. The maximum atomic E-state index is 10.3. The highest BCUT2D eigenvalue weighted by molar-refractivity contribution is 7.99. The number of pyridine rings is 1. The summed E-state index contributed by atoms with van der Waals surface area (Å²) in [7, 11) is 0. The van der Waals surface area contributed by atoms with Crippen LogP contribution in [0.3, 0.4) is 0 Å². The highest BCUT2D eigenvalue weighted by atomic mass is 32.2. The molecule has 7 nitrogen and oxygen atoms in total. The Balaban J connectivity index is 1.43. The summed E-state index contributed by atoms with van der Waals surface area (Å²) in [5, 5.41) is 19.8. The molecule has 154 valence electrons. The summed E-state index contributed by atoms with van der Waals surface area (Å²) < 4.78 is 12.8. The molecule has 0 fully saturated rings. The predicted molar refractivity (Wildman–Crippen MR) is 114 cm³/mol. The van der Waals surface area contributed by atoms with Crippen molar-refractivity contribution < 1.29 is 14.3 Å². The molecule has 3 aromatic heterocycles. The molecule has 0 radical (unpaired) electrons. The second kappa shape index (κ2) is 10.2. The van der Waals surface area contributed by atoms with Crippen LogP contribution in [0.25, 0.3) is 11.4 Å². The van der Waals surface area contributed by atoms with E-state index in [1.165, 1.54) is 11.8 Å². The van der Waals surface area contributed by atoms with Crippen LogP contribution < -0.4 is 0 Å². The molecule has 1 atom stereocenters. The molecule has 1 N–H and O–H groups in total. The van der Waals surface area contributed by atoms with E-state index >= 15 is 0 Å². The Labute approximate surface area is 178 Å². The molecule has 1 aromatic carbocycles. The Kier molecular flexibility index (Phi) is 6.91. The van der Waals surface area contributed by atoms with E-state index < -0.39 is 6.10 Å². The first-order valence-electron chi connectivity index (χ1n) is 9.58. The lowest BCUT2D eigenvalue weighted by Crippen LogP contribution is -2.18. The third kappa shape index (κ3) is 5.35. The van der Waals surface area contributed by atoms with Crippen molar-refractivity contribution in [2.45, 2.75) is 24.4 Å². The standard InChI is InChI=1S/C22H22N4O3S/c27-19(14-28-15-20-9-5-11-29-20)16-30-22-25-24-21(18-8-4-10-23-12-18)26(22)13-17-6-2-1-3-7-17/h1-12,19,27H,13-16H2. The molecule has 0 saturated carbocycles. The Hall–Kier alpha value is -2.94. The summed E-state index contributed by atoms with van der Waals surface area (Å²) in [6.45, 7) is 1.19. The fraction of sp³-hybridized carbons (Fsp3) is 0.227. The summed E-state index contributed by atoms with van der Waals surface area (Å²) in [5.74, 6) is 1.93. The molecule has 0 aliphatic heterocycles. The number of ether oxygens (including phenoxy) is 1. The summed E-state index contributed by atoms with van der Waals surface area (Å²) in [6.07, 6.45) is 4.48. The Bertz CT molecular complexity index is 1020. The van der Waals surface area contributed by atoms with E-state index in [1.54, 1.807) is 18.7 Å². The van der Waals surface area contributed by atoms with Gasteiger partial charge in [-0.25, -0.2) is 0 Å². The van der Waals surface area contributed by atoms with E-state index in [9.17, 15) is 5.11 Å². The van der Waals surface area contributed by atoms with Gasteiger partial charge in [-0.3, -0.25) is 9.55 Å². The quantitative estimate of drug-likeness (QED) is 0.390. The van der Waals surface area contributed by atoms with Crippen molar-refractivity contribution in [2.24, 2.45) is 0 Å². The first kappa shape index (κ1) is 20.3. The Morgan fingerprint density at radius 3 is 2.73 bits per heavy atom. The van der Waals surface area contributed by atoms with E-state index in [0.29, 0.717) is 18.9 Å². The number of thioether (sulfide) groups is 1. The third-order valence-corrected chi connectivity index (χ3v) is 5.47. The number of aliphatic hydroxyl groups excluding tert-OH is 1. The molecule has 0 aliphatic carbocycles. The van der Waals surface area contributed by atoms with Gasteiger partial charge >= 0.3 is 0 Å². The van der Waals surface area contributed by atoms with Crippen LogP contribution in [-0.2, 0) is 17.9 Å². The van der Waals surface area contributed by atoms with Crippen LogP contribution in [-0.4, -0.2) is 43.3 Å². The van der Waals surface area contributed by atoms with Gasteiger partial charge < -0.3 is 14.3 Å². The van der Waals surface area contributed by atoms with Crippen molar-refractivity contribution in [1.29, 1.82) is 0 Å². The maximum Gasteiger partial charge on any atom is 0.191 e. The van der Waals surface area contributed by atoms with E-state index in [4.69, 9.17) is 9.15 Å². The van der Waals surface area contributed by atoms with Crippen LogP contribution >= 0.6 is 11.8 Å². The van der Waals surface area contributed by atoms with Crippen LogP contribution in [0.2, 0.25) is 0 Å². The third-order valence-electron chi connectivity index (χ3n) is 4.36. The zero-order valence-electron chi connectivity index (χ0n) is 16.3. The molecule has 0 amide bonds. The van der Waals surface area contributed by atoms with Crippen molar-refractivity contribution in [3.63, 3.8) is 0 Å². The first-order valence-corrected chi connectivity index (χ1v) is 10.6. The van der Waals surface area contributed by atoms with Gasteiger partial charge in [-0.15, -0.1) is 10.2 Å². The van der Waals surface area contributed by atoms with Gasteiger partial charge in [0.15, 0.2) is 11.0 Å². The topological polar surface area (TPSA) is 86.2 Å². The van der Waals surface area contributed by atoms with Gasteiger partial charge in [0.1, 0.15) is 12.4 Å². The maximum absolute atomic E-state index is 10.3. The van der Waals surface area contributed by atoms with E-state index in [-0.39, 0.29) is 6.61 Å². The van der Waals surface area contributed by atoms with Gasteiger partial charge in [-0.1, -0.05) is 42.1 Å². The van der Waals surface area contributed by atoms with Crippen molar-refractivity contribution >= 4 is 11.8 Å². The molecular weight excluding hydrogens is 400 g/mol. The normalized spacial score (nSPS) is 12.2. The van der Waals surface area contributed by atoms with E-state index in [0.717, 1.165) is 27.9 Å². The van der Waals surface area contributed by atoms with Crippen molar-refractivity contribution in [3.05, 3.63) is 84.6 Å². The first-order chi connectivity index (χ1) is 14.8. The lowest BCUT2D eigenvalue weighted by Gasteiger charge is -2.12. The minimum atomic E-state index is -0.631. The second-order valence-corrected chi connectivity index (χ2v) is 7.67. The van der Waals surface area contributed by atoms with Crippen molar-refractivity contribution in [2.75, 3.05) is 12.4 Å². The van der Waals surface area contributed by atoms with Crippen LogP contribution in [0.5, 0.6) is 0 Å². The van der Waals surface area contributed by atoms with E-state index in [2.05, 4.69) is 27.3 Å². The Morgan fingerprint density at radius 2 is 1.97 bits per heavy atom. The van der Waals surface area contributed by atoms with Gasteiger partial charge in [0, 0.05) is 23.7 Å². The van der Waals surface area contributed by atoms with Crippen LogP contribution in [0, 0.1) is 0 Å². The number of hydrogen-bond donors (Lipinski definition) is 1. The lowest BCUT2D eigenvalue weighted by atomic mass is 10.2. The highest BCUT2D eigenvalue weighted by Gasteiger charge is 2.16. The minimum absolute atomic E-state index is 0.218. The fourth-order valence-corrected chi connectivity index (χ4v) is 3.76. The molecule has 3 heterocycles. The van der Waals surface area contributed by atoms with Gasteiger partial charge in [0.05, 0.1) is 25.5 Å². The van der Waals surface area contributed by atoms with Gasteiger partial charge in [0.25, 0.3) is 0 Å². The molecule has 0 aliphatic rings. The number of furan rings is 1. The number of nitrogens with zero attached hydrogens (tertiary/aromatic N) is 4. The van der Waals surface area contributed by atoms with Gasteiger partial charge in [-0.05, 0) is 29.8 Å². The molecule has 4 aromatic rings. The summed E-state index contributed by atoms with van der Waals surface area (Å²) >= 11 is 1.45. The number of rotatable bonds is 10. The molecule has 0 bridgehead atoms. The minimum Gasteiger partial charge on any atom is -0.467 e. The largest absolute Gasteiger partial charge is 0.467 e. The van der Waals surface area contributed by atoms with Gasteiger partial charge in [-0.2, -0.15) is 0 Å². The number of aliphatic hydroxyl groups is 1. The van der Waals surface area contributed by atoms with Gasteiger partial charge in [0.2, 0.25) is 0 Å². The SMILES string of the molecule is OC(COCc1ccco1)CSc1nnc(-c2cccnc2)n1Cc1ccccc1. The average molecular weight is 423 g/mol. The zero-order chi connectivity index (χ0) is 20.6. The Morgan fingerprint density at radius 1 is 1.07 bits per heavy atom. The number of aromatic nitrogens is 4. The molecule has 4 rings (SSSR count). The monoisotopic (exact) mass is 422 g/mol. The summed E-state index contributed by atoms with van der Waals surface area (Å²) in [5.41, 5.74) is 2.04. The molecule has 0 saturated heterocycles. The van der Waals surface area contributed by atoms with Crippen molar-refractivity contribution in [3.8, 4) is 11.4 Å². The highest BCUT2D eigenvalue weighted by Crippen LogP contribution is 2.25. The zero-order valence-corrected chi connectivity index (χ0v) is 17.1. The second-order valence-electron chi connectivity index (χ2n) is 6.68. The molecule has 8 heteroatoms. The number of benzene rings is 1. The van der Waals surface area contributed by atoms with E-state index in [1.807, 2.05) is 47.0 Å². The molecule has 1 unspecified atom stereocenters. The van der Waals surface area contributed by atoms with Crippen LogP contribution in [0.1, 0.15) is 11.3 Å². The molecule has 30 heavy (non-hydrogen) atoms. The fourth-order valence-electron chi connectivity index (χ4n) is 2.92. The molecular formula is C22H22N4O3S. The van der Waals surface area contributed by atoms with Crippen LogP contribution in [0.4, 0.5) is 0 Å². The van der Waals surface area contributed by atoms with Crippen molar-refractivity contribution in [1.82, 2.24) is 19.7 Å². The average Bonchev–Trinajstić information content (AvgIpc) is 3.44. The number of hydrogen-bond acceptors (Lipinski definition) is 7. The smallest absolute Gasteiger partial charge is 0.191 e. The lowest BCUT2D eigenvalue weighted by molar-refractivity contribution is 0.0328. The summed E-state index contributed by atoms with van der Waals surface area (Å²) in [6, 6.07) is 17.6. The predicted octanol–water partition coefficient (Wildman–Crippen LogP) is 3.65. The molecule has 0 spiro atoms. The van der Waals surface area contributed by atoms with Crippen LogP contribution in [0.15, 0.2) is 82.8 Å².